The number of imidazole rings is 2. The summed E-state index contributed by atoms with van der Waals surface area (Å²) in [6.45, 7) is 13.3. The van der Waals surface area contributed by atoms with Crippen molar-refractivity contribution in [2.75, 3.05) is 13.1 Å². The first-order valence-corrected chi connectivity index (χ1v) is 17.1. The average Bonchev–Trinajstić information content (AvgIpc) is 3.88. The number of ether oxygens (including phenoxy) is 1. The molecule has 0 radical (unpaired) electrons. The van der Waals surface area contributed by atoms with Crippen molar-refractivity contribution in [3.8, 4) is 46.1 Å². The van der Waals surface area contributed by atoms with Gasteiger partial charge in [-0.2, -0.15) is 0 Å². The van der Waals surface area contributed by atoms with Crippen molar-refractivity contribution in [1.82, 2.24) is 29.7 Å². The molecule has 0 spiro atoms. The van der Waals surface area contributed by atoms with E-state index in [9.17, 15) is 14.7 Å². The van der Waals surface area contributed by atoms with E-state index in [-0.39, 0.29) is 23.6 Å². The lowest BCUT2D eigenvalue weighted by Crippen LogP contribution is -2.36. The number of hydrogen-bond acceptors (Lipinski definition) is 5. The van der Waals surface area contributed by atoms with Gasteiger partial charge in [0.1, 0.15) is 22.9 Å². The molecular weight excluding hydrogens is 628 g/mol. The molecule has 4 aromatic rings. The highest BCUT2D eigenvalue weighted by Gasteiger charge is 2.35. The van der Waals surface area contributed by atoms with Crippen molar-refractivity contribution < 1.29 is 19.4 Å². The molecule has 3 N–H and O–H groups in total. The minimum Gasteiger partial charge on any atom is -0.465 e. The van der Waals surface area contributed by atoms with Crippen LogP contribution in [0.1, 0.15) is 108 Å². The topological polar surface area (TPSA) is 127 Å². The van der Waals surface area contributed by atoms with Gasteiger partial charge in [0.15, 0.2) is 0 Å². The third kappa shape index (κ3) is 7.71. The standard InChI is InChI=1S/C40H44N6O4/c1-39(2,3)29-14-9-13-27(22-29)31-23-28(32-25-42-36(44-32)34-17-11-21-46(34)38(49)50-40(4,5)6)19-18-26(31)12-7-8-15-30-24-41-35(43-30)33-16-10-20-45(33)37(47)48/h9,13-14,18-19,22-25,33-34H,10-11,16-17,20-21H2,1-6H3,(H,41,43)(H,42,44)(H,47,48)/t33-,34-/m0/s1. The summed E-state index contributed by atoms with van der Waals surface area (Å²) in [4.78, 5) is 43.5. The Hall–Kier alpha value is -5.48. The number of carbonyl (C=O) groups excluding carboxylic acids is 1. The smallest absolute Gasteiger partial charge is 0.410 e. The lowest BCUT2D eigenvalue weighted by Gasteiger charge is -2.27. The van der Waals surface area contributed by atoms with E-state index in [2.05, 4.69) is 89.7 Å². The van der Waals surface area contributed by atoms with Gasteiger partial charge in [-0.05, 0) is 98.5 Å². The zero-order valence-corrected chi connectivity index (χ0v) is 29.6. The summed E-state index contributed by atoms with van der Waals surface area (Å²) in [7, 11) is 0. The Morgan fingerprint density at radius 1 is 0.840 bits per heavy atom. The largest absolute Gasteiger partial charge is 0.465 e. The molecule has 2 amide bonds. The van der Waals surface area contributed by atoms with Gasteiger partial charge in [-0.25, -0.2) is 19.6 Å². The van der Waals surface area contributed by atoms with Crippen molar-refractivity contribution in [3.63, 3.8) is 0 Å². The van der Waals surface area contributed by atoms with Crippen LogP contribution in [0.3, 0.4) is 0 Å². The Balaban J connectivity index is 1.29. The number of nitrogens with zero attached hydrogens (tertiary/aromatic N) is 4. The number of benzene rings is 2. The van der Waals surface area contributed by atoms with Crippen LogP contribution < -0.4 is 0 Å². The third-order valence-electron chi connectivity index (χ3n) is 9.03. The third-order valence-corrected chi connectivity index (χ3v) is 9.03. The molecule has 2 aliphatic rings. The summed E-state index contributed by atoms with van der Waals surface area (Å²) < 4.78 is 5.67. The monoisotopic (exact) mass is 672 g/mol. The quantitative estimate of drug-likeness (QED) is 0.188. The molecule has 2 aromatic carbocycles. The number of likely N-dealkylation sites (tertiary alicyclic amines) is 2. The Morgan fingerprint density at radius 3 is 2.24 bits per heavy atom. The Bertz CT molecular complexity index is 2020. The normalized spacial score (nSPS) is 17.6. The molecule has 10 heteroatoms. The summed E-state index contributed by atoms with van der Waals surface area (Å²) in [5.41, 5.74) is 5.83. The highest BCUT2D eigenvalue weighted by atomic mass is 16.6. The van der Waals surface area contributed by atoms with Crippen LogP contribution in [0.15, 0.2) is 54.9 Å². The maximum Gasteiger partial charge on any atom is 0.410 e. The molecule has 0 aliphatic carbocycles. The van der Waals surface area contributed by atoms with Crippen LogP contribution >= 0.6 is 0 Å². The van der Waals surface area contributed by atoms with Crippen LogP contribution in [-0.4, -0.2) is 65.7 Å². The van der Waals surface area contributed by atoms with E-state index < -0.39 is 11.7 Å². The van der Waals surface area contributed by atoms with E-state index in [0.717, 1.165) is 59.5 Å². The lowest BCUT2D eigenvalue weighted by molar-refractivity contribution is 0.0218. The van der Waals surface area contributed by atoms with Gasteiger partial charge in [0.05, 0.1) is 30.2 Å². The average molecular weight is 673 g/mol. The predicted molar refractivity (Wildman–Crippen MR) is 192 cm³/mol. The Morgan fingerprint density at radius 2 is 1.52 bits per heavy atom. The van der Waals surface area contributed by atoms with Crippen LogP contribution in [0.5, 0.6) is 0 Å². The van der Waals surface area contributed by atoms with Crippen LogP contribution in [-0.2, 0) is 10.2 Å². The van der Waals surface area contributed by atoms with Gasteiger partial charge in [-0.3, -0.25) is 9.80 Å². The summed E-state index contributed by atoms with van der Waals surface area (Å²) in [5, 5.41) is 9.50. The van der Waals surface area contributed by atoms with Gasteiger partial charge in [-0.1, -0.05) is 57.0 Å². The van der Waals surface area contributed by atoms with Crippen LogP contribution in [0.25, 0.3) is 22.4 Å². The fourth-order valence-corrected chi connectivity index (χ4v) is 6.50. The first-order chi connectivity index (χ1) is 23.8. The SMILES string of the molecule is CC(C)(C)OC(=O)N1CCC[C@H]1c1ncc(-c2ccc(C#CC#Cc3cnc([C@@H]4CCCN4C(=O)O)[nH]3)c(-c3cccc(C(C)(C)C)c3)c2)[nH]1. The fraction of sp³-hybridized carbons (Fsp3) is 0.400. The molecular formula is C40H44N6O4. The number of hydrogen-bond donors (Lipinski definition) is 3. The van der Waals surface area contributed by atoms with Gasteiger partial charge >= 0.3 is 12.2 Å². The van der Waals surface area contributed by atoms with Crippen molar-refractivity contribution in [2.24, 2.45) is 0 Å². The number of amides is 2. The number of H-pyrrole nitrogens is 2. The Kier molecular flexibility index (Phi) is 9.49. The molecule has 0 saturated carbocycles. The number of aromatic nitrogens is 4. The zero-order chi connectivity index (χ0) is 35.6. The van der Waals surface area contributed by atoms with E-state index >= 15 is 0 Å². The van der Waals surface area contributed by atoms with Crippen LogP contribution in [0, 0.1) is 23.7 Å². The second kappa shape index (κ2) is 13.8. The molecule has 2 aromatic heterocycles. The maximum absolute atomic E-state index is 13.0. The van der Waals surface area contributed by atoms with E-state index in [1.807, 2.05) is 39.1 Å². The van der Waals surface area contributed by atoms with E-state index in [1.165, 1.54) is 10.5 Å². The van der Waals surface area contributed by atoms with Crippen molar-refractivity contribution >= 4 is 12.2 Å². The Labute approximate surface area is 293 Å². The highest BCUT2D eigenvalue weighted by molar-refractivity contribution is 5.78. The number of aromatic amines is 2. The van der Waals surface area contributed by atoms with Crippen LogP contribution in [0.4, 0.5) is 9.59 Å². The summed E-state index contributed by atoms with van der Waals surface area (Å²) in [6, 6.07) is 14.2. The molecule has 50 heavy (non-hydrogen) atoms. The maximum atomic E-state index is 13.0. The molecule has 2 saturated heterocycles. The van der Waals surface area contributed by atoms with Gasteiger partial charge in [0, 0.05) is 24.2 Å². The molecule has 2 atom stereocenters. The number of nitrogens with one attached hydrogen (secondary N) is 2. The second-order valence-electron chi connectivity index (χ2n) is 14.9. The minimum absolute atomic E-state index is 0.0343. The van der Waals surface area contributed by atoms with Gasteiger partial charge in [0.2, 0.25) is 0 Å². The zero-order valence-electron chi connectivity index (χ0n) is 29.6. The van der Waals surface area contributed by atoms with Crippen molar-refractivity contribution in [3.05, 3.63) is 83.3 Å². The summed E-state index contributed by atoms with van der Waals surface area (Å²) in [5.74, 6) is 13.6. The summed E-state index contributed by atoms with van der Waals surface area (Å²) in [6.07, 6.45) is 5.41. The molecule has 10 nitrogen and oxygen atoms in total. The molecule has 2 fully saturated rings. The van der Waals surface area contributed by atoms with Crippen molar-refractivity contribution in [1.29, 1.82) is 0 Å². The van der Waals surface area contributed by atoms with Crippen molar-refractivity contribution in [2.45, 2.75) is 90.3 Å². The van der Waals surface area contributed by atoms with E-state index in [1.54, 1.807) is 11.1 Å². The first-order valence-electron chi connectivity index (χ1n) is 17.1. The van der Waals surface area contributed by atoms with E-state index in [0.29, 0.717) is 24.6 Å². The number of carboxylic acid groups (broad SMARTS) is 1. The number of carbonyl (C=O) groups is 2. The predicted octanol–water partition coefficient (Wildman–Crippen LogP) is 8.05. The summed E-state index contributed by atoms with van der Waals surface area (Å²) >= 11 is 0. The molecule has 6 rings (SSSR count). The fourth-order valence-electron chi connectivity index (χ4n) is 6.50. The highest BCUT2D eigenvalue weighted by Crippen LogP contribution is 2.35. The van der Waals surface area contributed by atoms with Gasteiger partial charge in [0.25, 0.3) is 0 Å². The van der Waals surface area contributed by atoms with Gasteiger partial charge < -0.3 is 19.8 Å². The van der Waals surface area contributed by atoms with E-state index in [4.69, 9.17) is 9.72 Å². The first kappa shape index (κ1) is 34.4. The molecule has 258 valence electrons. The molecule has 0 bridgehead atoms. The lowest BCUT2D eigenvalue weighted by atomic mass is 9.85. The second-order valence-corrected chi connectivity index (χ2v) is 14.9. The molecule has 4 heterocycles. The van der Waals surface area contributed by atoms with Crippen LogP contribution in [0.2, 0.25) is 0 Å². The number of rotatable bonds is 4. The van der Waals surface area contributed by atoms with Gasteiger partial charge in [-0.15, -0.1) is 0 Å². The minimum atomic E-state index is -0.941. The molecule has 0 unspecified atom stereocenters. The molecule has 2 aliphatic heterocycles.